The van der Waals surface area contributed by atoms with Gasteiger partial charge in [0.2, 0.25) is 5.91 Å². The zero-order valence-corrected chi connectivity index (χ0v) is 9.35. The topological polar surface area (TPSA) is 41.1 Å². The zero-order valence-electron chi connectivity index (χ0n) is 9.35. The number of hydrogen-bond acceptors (Lipinski definition) is 2. The van der Waals surface area contributed by atoms with Crippen LogP contribution in [0.25, 0.3) is 0 Å². The second-order valence-corrected chi connectivity index (χ2v) is 4.03. The van der Waals surface area contributed by atoms with E-state index in [4.69, 9.17) is 0 Å². The third-order valence-corrected chi connectivity index (χ3v) is 2.00. The molecule has 0 heterocycles. The molecule has 1 unspecified atom stereocenters. The van der Waals surface area contributed by atoms with Gasteiger partial charge in [-0.3, -0.25) is 4.79 Å². The molecule has 0 aliphatic rings. The molecule has 78 valence electrons. The number of carbonyl (C=O) groups excluding carboxylic acids is 1. The highest BCUT2D eigenvalue weighted by Crippen LogP contribution is 2.04. The number of likely N-dealkylation sites (N-methyl/N-ethyl adjacent to an activating group) is 1. The lowest BCUT2D eigenvalue weighted by molar-refractivity contribution is -0.122. The Bertz CT molecular complexity index is 157. The predicted octanol–water partition coefficient (Wildman–Crippen LogP) is 1.15. The summed E-state index contributed by atoms with van der Waals surface area (Å²) < 4.78 is 0. The Labute approximate surface area is 81.3 Å². The largest absolute Gasteiger partial charge is 0.358 e. The summed E-state index contributed by atoms with van der Waals surface area (Å²) >= 11 is 0. The molecular formula is C10H22N2O. The molecule has 0 rings (SSSR count). The van der Waals surface area contributed by atoms with Gasteiger partial charge in [0.15, 0.2) is 0 Å². The van der Waals surface area contributed by atoms with Gasteiger partial charge >= 0.3 is 0 Å². The molecular weight excluding hydrogens is 164 g/mol. The normalized spacial score (nSPS) is 15.5. The van der Waals surface area contributed by atoms with Gasteiger partial charge in [-0.05, 0) is 26.2 Å². The Morgan fingerprint density at radius 3 is 2.15 bits per heavy atom. The van der Waals surface area contributed by atoms with Gasteiger partial charge < -0.3 is 10.6 Å². The minimum Gasteiger partial charge on any atom is -0.358 e. The van der Waals surface area contributed by atoms with E-state index in [9.17, 15) is 4.79 Å². The van der Waals surface area contributed by atoms with Gasteiger partial charge in [0.1, 0.15) is 0 Å². The quantitative estimate of drug-likeness (QED) is 0.676. The first-order chi connectivity index (χ1) is 5.97. The summed E-state index contributed by atoms with van der Waals surface area (Å²) in [4.78, 5) is 11.2. The molecule has 3 nitrogen and oxygen atoms in total. The highest BCUT2D eigenvalue weighted by atomic mass is 16.2. The van der Waals surface area contributed by atoms with Crippen molar-refractivity contribution in [1.82, 2.24) is 10.6 Å². The second kappa shape index (κ2) is 5.97. The Morgan fingerprint density at radius 1 is 1.23 bits per heavy atom. The van der Waals surface area contributed by atoms with Gasteiger partial charge in [-0.15, -0.1) is 0 Å². The number of amides is 1. The molecule has 0 saturated carbocycles. The molecule has 0 saturated heterocycles. The van der Waals surface area contributed by atoms with E-state index in [-0.39, 0.29) is 11.9 Å². The Balaban J connectivity index is 3.77. The van der Waals surface area contributed by atoms with Crippen LogP contribution in [0.4, 0.5) is 0 Å². The van der Waals surface area contributed by atoms with Gasteiger partial charge in [-0.25, -0.2) is 0 Å². The molecule has 0 bridgehead atoms. The number of nitrogens with one attached hydrogen (secondary N) is 2. The fraction of sp³-hybridized carbons (Fsp3) is 0.900. The van der Waals surface area contributed by atoms with Crippen LogP contribution < -0.4 is 10.6 Å². The first kappa shape index (κ1) is 12.4. The summed E-state index contributed by atoms with van der Waals surface area (Å²) in [5.74, 6) is 0.718. The van der Waals surface area contributed by atoms with E-state index in [0.29, 0.717) is 12.0 Å². The smallest absolute Gasteiger partial charge is 0.236 e. The van der Waals surface area contributed by atoms with Crippen LogP contribution in [0.1, 0.15) is 34.1 Å². The minimum absolute atomic E-state index is 0.0515. The highest BCUT2D eigenvalue weighted by molar-refractivity contribution is 5.80. The van der Waals surface area contributed by atoms with E-state index < -0.39 is 0 Å². The van der Waals surface area contributed by atoms with Gasteiger partial charge in [-0.1, -0.05) is 13.8 Å². The molecule has 1 amide bonds. The van der Waals surface area contributed by atoms with E-state index in [1.54, 1.807) is 7.05 Å². The number of rotatable bonds is 5. The summed E-state index contributed by atoms with van der Waals surface area (Å²) in [5, 5.41) is 5.87. The van der Waals surface area contributed by atoms with Crippen molar-refractivity contribution in [3.8, 4) is 0 Å². The van der Waals surface area contributed by atoms with Crippen LogP contribution in [0.3, 0.4) is 0 Å². The van der Waals surface area contributed by atoms with Crippen LogP contribution in [0.5, 0.6) is 0 Å². The molecule has 0 aromatic heterocycles. The maximum atomic E-state index is 11.2. The summed E-state index contributed by atoms with van der Waals surface area (Å²) in [5.41, 5.74) is 0. The molecule has 3 heteroatoms. The van der Waals surface area contributed by atoms with Crippen molar-refractivity contribution in [2.24, 2.45) is 5.92 Å². The van der Waals surface area contributed by atoms with E-state index in [1.165, 1.54) is 0 Å². The lowest BCUT2D eigenvalue weighted by atomic mass is 10.0. The van der Waals surface area contributed by atoms with Crippen molar-refractivity contribution < 1.29 is 4.79 Å². The average Bonchev–Trinajstić information content (AvgIpc) is 2.01. The monoisotopic (exact) mass is 186 g/mol. The first-order valence-electron chi connectivity index (χ1n) is 4.95. The van der Waals surface area contributed by atoms with Gasteiger partial charge in [-0.2, -0.15) is 0 Å². The van der Waals surface area contributed by atoms with E-state index in [1.807, 2.05) is 6.92 Å². The predicted molar refractivity (Wildman–Crippen MR) is 55.6 cm³/mol. The second-order valence-electron chi connectivity index (χ2n) is 4.03. The molecule has 0 aliphatic heterocycles. The maximum Gasteiger partial charge on any atom is 0.236 e. The van der Waals surface area contributed by atoms with Gasteiger partial charge in [0.05, 0.1) is 6.04 Å². The molecule has 2 N–H and O–H groups in total. The van der Waals surface area contributed by atoms with Gasteiger partial charge in [0, 0.05) is 13.1 Å². The number of hydrogen-bond donors (Lipinski definition) is 2. The van der Waals surface area contributed by atoms with Gasteiger partial charge in [0.25, 0.3) is 0 Å². The molecule has 0 radical (unpaired) electrons. The number of carbonyl (C=O) groups is 1. The molecule has 0 aromatic carbocycles. The third kappa shape index (κ3) is 5.64. The lowest BCUT2D eigenvalue weighted by Crippen LogP contribution is -2.44. The minimum atomic E-state index is -0.0984. The van der Waals surface area contributed by atoms with Crippen LogP contribution >= 0.6 is 0 Å². The van der Waals surface area contributed by atoms with E-state index in [0.717, 1.165) is 6.42 Å². The summed E-state index contributed by atoms with van der Waals surface area (Å²) in [7, 11) is 1.66. The average molecular weight is 186 g/mol. The van der Waals surface area contributed by atoms with E-state index in [2.05, 4.69) is 31.4 Å². The molecule has 2 atom stereocenters. The summed E-state index contributed by atoms with van der Waals surface area (Å²) in [6, 6.07) is 0.297. The van der Waals surface area contributed by atoms with Crippen LogP contribution in [-0.2, 0) is 4.79 Å². The summed E-state index contributed by atoms with van der Waals surface area (Å²) in [6.45, 7) is 8.36. The fourth-order valence-electron chi connectivity index (χ4n) is 1.49. The van der Waals surface area contributed by atoms with Crippen molar-refractivity contribution in [3.05, 3.63) is 0 Å². The molecule has 0 aromatic rings. The fourth-order valence-corrected chi connectivity index (χ4v) is 1.49. The van der Waals surface area contributed by atoms with Crippen molar-refractivity contribution in [1.29, 1.82) is 0 Å². The highest BCUT2D eigenvalue weighted by Gasteiger charge is 2.13. The van der Waals surface area contributed by atoms with Crippen LogP contribution in [0, 0.1) is 5.92 Å². The molecule has 0 aliphatic carbocycles. The molecule has 0 spiro atoms. The zero-order chi connectivity index (χ0) is 10.4. The Kier molecular flexibility index (Phi) is 5.71. The Morgan fingerprint density at radius 2 is 1.77 bits per heavy atom. The van der Waals surface area contributed by atoms with Crippen LogP contribution in [-0.4, -0.2) is 25.0 Å². The third-order valence-electron chi connectivity index (χ3n) is 2.00. The standard InChI is InChI=1S/C10H22N2O/c1-7(2)6-8(3)12-9(4)10(13)11-5/h7-9,12H,6H2,1-5H3,(H,11,13)/t8?,9-/m1/s1. The van der Waals surface area contributed by atoms with Crippen LogP contribution in [0.2, 0.25) is 0 Å². The first-order valence-corrected chi connectivity index (χ1v) is 4.95. The lowest BCUT2D eigenvalue weighted by Gasteiger charge is -2.20. The maximum absolute atomic E-state index is 11.2. The summed E-state index contributed by atoms with van der Waals surface area (Å²) in [6.07, 6.45) is 1.10. The Hall–Kier alpha value is -0.570. The van der Waals surface area contributed by atoms with Crippen molar-refractivity contribution in [2.45, 2.75) is 46.2 Å². The van der Waals surface area contributed by atoms with Crippen molar-refractivity contribution in [3.63, 3.8) is 0 Å². The van der Waals surface area contributed by atoms with Crippen molar-refractivity contribution in [2.75, 3.05) is 7.05 Å². The molecule has 0 fully saturated rings. The van der Waals surface area contributed by atoms with Crippen LogP contribution in [0.15, 0.2) is 0 Å². The van der Waals surface area contributed by atoms with E-state index >= 15 is 0 Å². The van der Waals surface area contributed by atoms with Crippen molar-refractivity contribution >= 4 is 5.91 Å². The molecule has 13 heavy (non-hydrogen) atoms. The SMILES string of the molecule is CNC(=O)[C@@H](C)NC(C)CC(C)C.